The first-order valence-electron chi connectivity index (χ1n) is 6.44. The molecule has 0 amide bonds. The minimum atomic E-state index is -0.828. The lowest BCUT2D eigenvalue weighted by molar-refractivity contribution is 0.157. The molecule has 1 aliphatic rings. The molecule has 1 aromatic heterocycles. The third-order valence-electron chi connectivity index (χ3n) is 3.63. The fraction of sp³-hybridized carbons (Fsp3) is 0.333. The lowest BCUT2D eigenvalue weighted by atomic mass is 9.93. The molecule has 4 heteroatoms. The number of halogens is 2. The monoisotopic (exact) mass is 263 g/mol. The molecule has 1 unspecified atom stereocenters. The standard InChI is InChI=1S/C15H15F2NO/c16-13-5-4-10(6-14(13)17)7-18-8-11-2-1-3-15(19)12(11)9-18/h4-6,8-9,15,19H,1-3,7H2. The first-order chi connectivity index (χ1) is 9.13. The Kier molecular flexibility index (Phi) is 3.11. The Morgan fingerprint density at radius 2 is 2.05 bits per heavy atom. The first-order valence-corrected chi connectivity index (χ1v) is 6.44. The molecule has 1 heterocycles. The maximum Gasteiger partial charge on any atom is 0.159 e. The normalized spacial score (nSPS) is 18.4. The highest BCUT2D eigenvalue weighted by Crippen LogP contribution is 2.30. The maximum atomic E-state index is 13.1. The van der Waals surface area contributed by atoms with Gasteiger partial charge in [-0.3, -0.25) is 0 Å². The highest BCUT2D eigenvalue weighted by molar-refractivity contribution is 5.30. The van der Waals surface area contributed by atoms with E-state index in [1.54, 1.807) is 6.07 Å². The Bertz CT molecular complexity index is 606. The summed E-state index contributed by atoms with van der Waals surface area (Å²) in [6, 6.07) is 3.93. The molecule has 1 aliphatic carbocycles. The summed E-state index contributed by atoms with van der Waals surface area (Å²) in [5, 5.41) is 9.90. The zero-order valence-electron chi connectivity index (χ0n) is 10.4. The smallest absolute Gasteiger partial charge is 0.159 e. The number of aromatic nitrogens is 1. The molecule has 0 saturated carbocycles. The Morgan fingerprint density at radius 3 is 2.79 bits per heavy atom. The van der Waals surface area contributed by atoms with E-state index < -0.39 is 17.7 Å². The summed E-state index contributed by atoms with van der Waals surface area (Å²) in [5.41, 5.74) is 2.83. The van der Waals surface area contributed by atoms with Gasteiger partial charge in [-0.05, 0) is 42.5 Å². The quantitative estimate of drug-likeness (QED) is 0.884. The van der Waals surface area contributed by atoms with Gasteiger partial charge in [0.1, 0.15) is 0 Å². The molecule has 1 atom stereocenters. The van der Waals surface area contributed by atoms with Crippen molar-refractivity contribution in [2.75, 3.05) is 0 Å². The van der Waals surface area contributed by atoms with E-state index in [0.29, 0.717) is 12.1 Å². The SMILES string of the molecule is OC1CCCc2cn(Cc3ccc(F)c(F)c3)cc21. The second-order valence-corrected chi connectivity index (χ2v) is 5.07. The molecule has 0 spiro atoms. The second-order valence-electron chi connectivity index (χ2n) is 5.07. The summed E-state index contributed by atoms with van der Waals surface area (Å²) in [7, 11) is 0. The van der Waals surface area contributed by atoms with E-state index in [9.17, 15) is 13.9 Å². The lowest BCUT2D eigenvalue weighted by Gasteiger charge is -2.16. The van der Waals surface area contributed by atoms with Crippen LogP contribution in [0.25, 0.3) is 0 Å². The predicted octanol–water partition coefficient (Wildman–Crippen LogP) is 3.18. The summed E-state index contributed by atoms with van der Waals surface area (Å²) in [6.45, 7) is 0.483. The summed E-state index contributed by atoms with van der Waals surface area (Å²) < 4.78 is 27.9. The van der Waals surface area contributed by atoms with Crippen molar-refractivity contribution < 1.29 is 13.9 Å². The van der Waals surface area contributed by atoms with Gasteiger partial charge in [0.2, 0.25) is 0 Å². The summed E-state index contributed by atoms with van der Waals surface area (Å²) in [4.78, 5) is 0. The summed E-state index contributed by atoms with van der Waals surface area (Å²) >= 11 is 0. The highest BCUT2D eigenvalue weighted by atomic mass is 19.2. The molecule has 2 aromatic rings. The molecular formula is C15H15F2NO. The van der Waals surface area contributed by atoms with Crippen molar-refractivity contribution in [2.24, 2.45) is 0 Å². The van der Waals surface area contributed by atoms with Crippen molar-refractivity contribution in [1.29, 1.82) is 0 Å². The molecule has 2 nitrogen and oxygen atoms in total. The van der Waals surface area contributed by atoms with Crippen LogP contribution in [0.5, 0.6) is 0 Å². The highest BCUT2D eigenvalue weighted by Gasteiger charge is 2.19. The third-order valence-corrected chi connectivity index (χ3v) is 3.63. The molecule has 0 radical (unpaired) electrons. The molecule has 1 aromatic carbocycles. The average molecular weight is 263 g/mol. The largest absolute Gasteiger partial charge is 0.388 e. The zero-order chi connectivity index (χ0) is 13.4. The Balaban J connectivity index is 1.85. The van der Waals surface area contributed by atoms with Crippen LogP contribution >= 0.6 is 0 Å². The fourth-order valence-electron chi connectivity index (χ4n) is 2.66. The predicted molar refractivity (Wildman–Crippen MR) is 67.8 cm³/mol. The van der Waals surface area contributed by atoms with Gasteiger partial charge in [-0.1, -0.05) is 6.07 Å². The Hall–Kier alpha value is -1.68. The van der Waals surface area contributed by atoms with E-state index in [-0.39, 0.29) is 0 Å². The van der Waals surface area contributed by atoms with Gasteiger partial charge >= 0.3 is 0 Å². The van der Waals surface area contributed by atoms with E-state index in [1.165, 1.54) is 6.07 Å². The van der Waals surface area contributed by atoms with Gasteiger partial charge in [0.25, 0.3) is 0 Å². The van der Waals surface area contributed by atoms with Crippen molar-refractivity contribution in [2.45, 2.75) is 31.9 Å². The van der Waals surface area contributed by atoms with Crippen molar-refractivity contribution in [3.05, 3.63) is 58.9 Å². The number of rotatable bonds is 2. The molecular weight excluding hydrogens is 248 g/mol. The maximum absolute atomic E-state index is 13.1. The van der Waals surface area contributed by atoms with Gasteiger partial charge in [0.15, 0.2) is 11.6 Å². The van der Waals surface area contributed by atoms with Crippen LogP contribution in [0.4, 0.5) is 8.78 Å². The molecule has 100 valence electrons. The zero-order valence-corrected chi connectivity index (χ0v) is 10.4. The van der Waals surface area contributed by atoms with E-state index in [4.69, 9.17) is 0 Å². The molecule has 3 rings (SSSR count). The second kappa shape index (κ2) is 4.78. The summed E-state index contributed by atoms with van der Waals surface area (Å²) in [5.74, 6) is -1.65. The van der Waals surface area contributed by atoms with Gasteiger partial charge in [-0.2, -0.15) is 0 Å². The number of nitrogens with zero attached hydrogens (tertiary/aromatic N) is 1. The Labute approximate surface area is 110 Å². The van der Waals surface area contributed by atoms with Crippen LogP contribution in [0.2, 0.25) is 0 Å². The molecule has 0 fully saturated rings. The van der Waals surface area contributed by atoms with Gasteiger partial charge < -0.3 is 9.67 Å². The fourth-order valence-corrected chi connectivity index (χ4v) is 2.66. The summed E-state index contributed by atoms with van der Waals surface area (Å²) in [6.07, 6.45) is 6.25. The first kappa shape index (κ1) is 12.4. The van der Waals surface area contributed by atoms with Crippen LogP contribution < -0.4 is 0 Å². The van der Waals surface area contributed by atoms with Gasteiger partial charge in [-0.25, -0.2) is 8.78 Å². The number of fused-ring (bicyclic) bond motifs is 1. The minimum Gasteiger partial charge on any atom is -0.388 e. The van der Waals surface area contributed by atoms with E-state index in [1.807, 2.05) is 17.0 Å². The number of aliphatic hydroxyl groups excluding tert-OH is 1. The number of aliphatic hydroxyl groups is 1. The van der Waals surface area contributed by atoms with Crippen LogP contribution in [-0.2, 0) is 13.0 Å². The van der Waals surface area contributed by atoms with Crippen LogP contribution in [-0.4, -0.2) is 9.67 Å². The molecule has 0 bridgehead atoms. The van der Waals surface area contributed by atoms with E-state index in [2.05, 4.69) is 0 Å². The van der Waals surface area contributed by atoms with Crippen LogP contribution in [0, 0.1) is 11.6 Å². The number of benzene rings is 1. The molecule has 0 aliphatic heterocycles. The van der Waals surface area contributed by atoms with Crippen molar-refractivity contribution in [3.8, 4) is 0 Å². The van der Waals surface area contributed by atoms with E-state index in [0.717, 1.165) is 36.5 Å². The number of hydrogen-bond donors (Lipinski definition) is 1. The molecule has 0 saturated heterocycles. The number of aryl methyl sites for hydroxylation is 1. The average Bonchev–Trinajstić information content (AvgIpc) is 2.78. The number of hydrogen-bond acceptors (Lipinski definition) is 1. The van der Waals surface area contributed by atoms with Gasteiger partial charge in [-0.15, -0.1) is 0 Å². The third kappa shape index (κ3) is 2.40. The van der Waals surface area contributed by atoms with Crippen molar-refractivity contribution >= 4 is 0 Å². The van der Waals surface area contributed by atoms with Crippen molar-refractivity contribution in [1.82, 2.24) is 4.57 Å². The van der Waals surface area contributed by atoms with Crippen LogP contribution in [0.1, 0.15) is 35.6 Å². The van der Waals surface area contributed by atoms with Crippen LogP contribution in [0.3, 0.4) is 0 Å². The van der Waals surface area contributed by atoms with Gasteiger partial charge in [0, 0.05) is 24.5 Å². The van der Waals surface area contributed by atoms with Gasteiger partial charge in [0.05, 0.1) is 6.10 Å². The minimum absolute atomic E-state index is 0.394. The van der Waals surface area contributed by atoms with Crippen LogP contribution in [0.15, 0.2) is 30.6 Å². The lowest BCUT2D eigenvalue weighted by Crippen LogP contribution is -2.05. The Morgan fingerprint density at radius 1 is 1.21 bits per heavy atom. The topological polar surface area (TPSA) is 25.2 Å². The van der Waals surface area contributed by atoms with Crippen molar-refractivity contribution in [3.63, 3.8) is 0 Å². The van der Waals surface area contributed by atoms with E-state index >= 15 is 0 Å². The molecule has 1 N–H and O–H groups in total. The molecule has 19 heavy (non-hydrogen) atoms.